The third-order valence-corrected chi connectivity index (χ3v) is 5.72. The van der Waals surface area contributed by atoms with Gasteiger partial charge in [-0.05, 0) is 32.4 Å². The highest BCUT2D eigenvalue weighted by Gasteiger charge is 2.38. The van der Waals surface area contributed by atoms with Crippen molar-refractivity contribution in [1.29, 1.82) is 0 Å². The van der Waals surface area contributed by atoms with Crippen LogP contribution in [0.1, 0.15) is 45.8 Å². The van der Waals surface area contributed by atoms with Crippen LogP contribution in [0.5, 0.6) is 5.75 Å². The number of hydrogen-bond donors (Lipinski definition) is 2. The average molecular weight is 426 g/mol. The maximum atomic E-state index is 14.1. The molecule has 4 rings (SSSR count). The summed E-state index contributed by atoms with van der Waals surface area (Å²) >= 11 is 0. The highest BCUT2D eigenvalue weighted by atomic mass is 19.1. The molecule has 0 spiro atoms. The molecule has 0 unspecified atom stereocenters. The van der Waals surface area contributed by atoms with E-state index in [-0.39, 0.29) is 42.1 Å². The molecule has 2 aliphatic rings. The van der Waals surface area contributed by atoms with E-state index in [0.717, 1.165) is 5.56 Å². The number of fused-ring (bicyclic) bond motifs is 4. The molecule has 8 nitrogen and oxygen atoms in total. The molecule has 162 valence electrons. The SMILES string of the molecule is Cc1ccc(CNC(=O)c2cn3c(c(O)c2=O)C(=O)N2CN3[C@H](C)C=C[C@H]2C)c(F)c1. The van der Waals surface area contributed by atoms with Crippen LogP contribution in [-0.4, -0.2) is 45.2 Å². The molecule has 0 fully saturated rings. The monoisotopic (exact) mass is 426 g/mol. The first-order valence-electron chi connectivity index (χ1n) is 9.97. The molecule has 1 aromatic heterocycles. The lowest BCUT2D eigenvalue weighted by molar-refractivity contribution is 0.0652. The minimum atomic E-state index is -0.948. The van der Waals surface area contributed by atoms with Gasteiger partial charge in [0.05, 0.1) is 6.04 Å². The second kappa shape index (κ2) is 7.57. The fraction of sp³-hybridized carbons (Fsp3) is 0.318. The van der Waals surface area contributed by atoms with Crippen LogP contribution in [0, 0.1) is 12.7 Å². The summed E-state index contributed by atoms with van der Waals surface area (Å²) in [5.74, 6) is -2.51. The van der Waals surface area contributed by atoms with Crippen molar-refractivity contribution in [2.75, 3.05) is 11.7 Å². The Morgan fingerprint density at radius 2 is 1.94 bits per heavy atom. The molecule has 2 aromatic rings. The quantitative estimate of drug-likeness (QED) is 0.728. The zero-order valence-electron chi connectivity index (χ0n) is 17.4. The van der Waals surface area contributed by atoms with Gasteiger partial charge in [-0.1, -0.05) is 24.3 Å². The minimum Gasteiger partial charge on any atom is -0.502 e. The van der Waals surface area contributed by atoms with Gasteiger partial charge in [-0.3, -0.25) is 24.1 Å². The maximum Gasteiger partial charge on any atom is 0.278 e. The van der Waals surface area contributed by atoms with E-state index in [4.69, 9.17) is 0 Å². The molecule has 2 amide bonds. The summed E-state index contributed by atoms with van der Waals surface area (Å²) < 4.78 is 15.4. The van der Waals surface area contributed by atoms with Crippen LogP contribution >= 0.6 is 0 Å². The Labute approximate surface area is 178 Å². The Bertz CT molecular complexity index is 1170. The molecule has 0 saturated heterocycles. The number of benzene rings is 1. The number of aromatic nitrogens is 1. The third kappa shape index (κ3) is 3.45. The largest absolute Gasteiger partial charge is 0.502 e. The van der Waals surface area contributed by atoms with Gasteiger partial charge in [0.15, 0.2) is 11.4 Å². The highest BCUT2D eigenvalue weighted by Crippen LogP contribution is 2.26. The maximum absolute atomic E-state index is 14.1. The third-order valence-electron chi connectivity index (χ3n) is 5.72. The molecule has 0 radical (unpaired) electrons. The lowest BCUT2D eigenvalue weighted by Gasteiger charge is -2.41. The molecular weight excluding hydrogens is 403 g/mol. The number of halogens is 1. The van der Waals surface area contributed by atoms with Crippen molar-refractivity contribution in [3.05, 3.63) is 75.0 Å². The van der Waals surface area contributed by atoms with Crippen molar-refractivity contribution in [3.8, 4) is 5.75 Å². The Kier molecular flexibility index (Phi) is 5.04. The van der Waals surface area contributed by atoms with E-state index in [9.17, 15) is 23.9 Å². The lowest BCUT2D eigenvalue weighted by atomic mass is 10.1. The summed E-state index contributed by atoms with van der Waals surface area (Å²) in [5.41, 5.74) is -0.439. The van der Waals surface area contributed by atoms with Crippen LogP contribution in [0.25, 0.3) is 0 Å². The van der Waals surface area contributed by atoms with Crippen LogP contribution in [0.15, 0.2) is 41.3 Å². The second-order valence-electron chi connectivity index (χ2n) is 7.91. The molecule has 0 saturated carbocycles. The molecule has 1 aromatic carbocycles. The number of rotatable bonds is 3. The van der Waals surface area contributed by atoms with Gasteiger partial charge in [0, 0.05) is 24.3 Å². The van der Waals surface area contributed by atoms with Gasteiger partial charge in [0.25, 0.3) is 11.8 Å². The number of pyridine rings is 1. The molecule has 2 aliphatic heterocycles. The van der Waals surface area contributed by atoms with Crippen LogP contribution < -0.4 is 15.8 Å². The van der Waals surface area contributed by atoms with E-state index in [2.05, 4.69) is 5.32 Å². The number of nitrogens with zero attached hydrogens (tertiary/aromatic N) is 3. The number of amides is 2. The minimum absolute atomic E-state index is 0.125. The molecule has 9 heteroatoms. The molecule has 2 N–H and O–H groups in total. The summed E-state index contributed by atoms with van der Waals surface area (Å²) in [6.45, 7) is 5.62. The van der Waals surface area contributed by atoms with Crippen LogP contribution in [0.4, 0.5) is 4.39 Å². The molecule has 31 heavy (non-hydrogen) atoms. The van der Waals surface area contributed by atoms with Gasteiger partial charge in [-0.15, -0.1) is 0 Å². The number of aromatic hydroxyl groups is 1. The molecular formula is C22H23FN4O4. The summed E-state index contributed by atoms with van der Waals surface area (Å²) in [7, 11) is 0. The van der Waals surface area contributed by atoms with Crippen molar-refractivity contribution in [1.82, 2.24) is 14.9 Å². The van der Waals surface area contributed by atoms with Crippen LogP contribution in [0.2, 0.25) is 0 Å². The fourth-order valence-electron chi connectivity index (χ4n) is 3.81. The standard InChI is InChI=1S/C22H23FN4O4/c1-12-4-7-15(17(23)8-12)9-24-21(30)16-10-26-18(20(29)19(16)28)22(31)25-11-27(26)14(3)6-5-13(25)2/h4-8,10,13-14,29H,9,11H2,1-3H3,(H,24,30)/t13-,14-/m1/s1. The predicted molar refractivity (Wildman–Crippen MR) is 112 cm³/mol. The van der Waals surface area contributed by atoms with Crippen molar-refractivity contribution in [3.63, 3.8) is 0 Å². The van der Waals surface area contributed by atoms with Crippen molar-refractivity contribution in [2.45, 2.75) is 39.4 Å². The first-order valence-corrected chi connectivity index (χ1v) is 9.97. The summed E-state index contributed by atoms with van der Waals surface area (Å²) in [5, 5.41) is 14.8. The van der Waals surface area contributed by atoms with Gasteiger partial charge in [0.2, 0.25) is 5.43 Å². The summed E-state index contributed by atoms with van der Waals surface area (Å²) in [6, 6.07) is 4.26. The van der Waals surface area contributed by atoms with Crippen molar-refractivity contribution >= 4 is 11.8 Å². The zero-order chi connectivity index (χ0) is 22.4. The summed E-state index contributed by atoms with van der Waals surface area (Å²) in [6.07, 6.45) is 5.06. The molecule has 0 aliphatic carbocycles. The Hall–Kier alpha value is -3.62. The van der Waals surface area contributed by atoms with E-state index in [0.29, 0.717) is 0 Å². The van der Waals surface area contributed by atoms with Crippen LogP contribution in [0.3, 0.4) is 0 Å². The number of carbonyl (C=O) groups excluding carboxylic acids is 2. The Morgan fingerprint density at radius 3 is 2.65 bits per heavy atom. The number of hydrogen-bond acceptors (Lipinski definition) is 5. The normalized spacial score (nSPS) is 19.8. The molecule has 2 bridgehead atoms. The molecule has 3 heterocycles. The van der Waals surface area contributed by atoms with Crippen LogP contribution in [-0.2, 0) is 6.54 Å². The van der Waals surface area contributed by atoms with E-state index in [1.165, 1.54) is 21.8 Å². The number of aryl methyl sites for hydroxylation is 1. The predicted octanol–water partition coefficient (Wildman–Crippen LogP) is 1.63. The first-order chi connectivity index (χ1) is 14.7. The number of carbonyl (C=O) groups is 2. The number of nitrogens with one attached hydrogen (secondary N) is 1. The van der Waals surface area contributed by atoms with E-state index in [1.807, 2.05) is 26.0 Å². The van der Waals surface area contributed by atoms with E-state index >= 15 is 0 Å². The zero-order valence-corrected chi connectivity index (χ0v) is 17.4. The topological polar surface area (TPSA) is 94.9 Å². The average Bonchev–Trinajstić information content (AvgIpc) is 2.85. The van der Waals surface area contributed by atoms with Gasteiger partial charge in [-0.2, -0.15) is 0 Å². The smallest absolute Gasteiger partial charge is 0.278 e. The molecule has 2 atom stereocenters. The van der Waals surface area contributed by atoms with Crippen molar-refractivity contribution < 1.29 is 19.1 Å². The Morgan fingerprint density at radius 1 is 1.23 bits per heavy atom. The fourth-order valence-corrected chi connectivity index (χ4v) is 3.81. The van der Waals surface area contributed by atoms with E-state index in [1.54, 1.807) is 24.1 Å². The lowest BCUT2D eigenvalue weighted by Crippen LogP contribution is -2.57. The van der Waals surface area contributed by atoms with E-state index < -0.39 is 28.8 Å². The van der Waals surface area contributed by atoms with Gasteiger partial charge < -0.3 is 15.3 Å². The summed E-state index contributed by atoms with van der Waals surface area (Å²) in [4.78, 5) is 39.9. The van der Waals surface area contributed by atoms with Gasteiger partial charge in [-0.25, -0.2) is 4.39 Å². The van der Waals surface area contributed by atoms with Crippen molar-refractivity contribution in [2.24, 2.45) is 0 Å². The van der Waals surface area contributed by atoms with Gasteiger partial charge in [0.1, 0.15) is 18.0 Å². The second-order valence-corrected chi connectivity index (χ2v) is 7.91. The Balaban J connectivity index is 1.70. The van der Waals surface area contributed by atoms with Gasteiger partial charge >= 0.3 is 0 Å². The highest BCUT2D eigenvalue weighted by molar-refractivity contribution is 5.99. The first kappa shape index (κ1) is 20.6.